The number of rotatable bonds is 5. The minimum Gasteiger partial charge on any atom is -0.480 e. The second-order valence-electron chi connectivity index (χ2n) is 5.51. The zero-order chi connectivity index (χ0) is 14.5. The molecule has 7 nitrogen and oxygen atoms in total. The molecule has 1 aliphatic heterocycles. The quantitative estimate of drug-likeness (QED) is 0.539. The third-order valence-corrected chi connectivity index (χ3v) is 3.66. The number of aliphatic hydroxyl groups is 1. The fraction of sp³-hybridized carbons (Fsp3) is 0.833. The van der Waals surface area contributed by atoms with Crippen molar-refractivity contribution in [1.29, 1.82) is 0 Å². The second kappa shape index (κ2) is 6.72. The van der Waals surface area contributed by atoms with E-state index in [1.54, 1.807) is 0 Å². The lowest BCUT2D eigenvalue weighted by atomic mass is 9.80. The van der Waals surface area contributed by atoms with Crippen molar-refractivity contribution in [3.05, 3.63) is 0 Å². The van der Waals surface area contributed by atoms with E-state index in [4.69, 9.17) is 10.2 Å². The molecule has 1 fully saturated rings. The van der Waals surface area contributed by atoms with Gasteiger partial charge < -0.3 is 25.7 Å². The molecule has 4 N–H and O–H groups in total. The van der Waals surface area contributed by atoms with Gasteiger partial charge in [0.2, 0.25) is 0 Å². The Kier molecular flexibility index (Phi) is 5.56. The third-order valence-electron chi connectivity index (χ3n) is 3.66. The van der Waals surface area contributed by atoms with Gasteiger partial charge in [0.1, 0.15) is 0 Å². The van der Waals surface area contributed by atoms with Gasteiger partial charge in [0.25, 0.3) is 0 Å². The van der Waals surface area contributed by atoms with Gasteiger partial charge in [-0.3, -0.25) is 0 Å². The van der Waals surface area contributed by atoms with E-state index in [1.807, 2.05) is 0 Å². The average molecular weight is 273 g/mol. The summed E-state index contributed by atoms with van der Waals surface area (Å²) in [6.07, 6.45) is 1.98. The lowest BCUT2D eigenvalue weighted by molar-refractivity contribution is -0.140. The molecule has 110 valence electrons. The first-order chi connectivity index (χ1) is 8.86. The van der Waals surface area contributed by atoms with Crippen molar-refractivity contribution in [3.8, 4) is 0 Å². The van der Waals surface area contributed by atoms with Crippen LogP contribution in [0.3, 0.4) is 0 Å². The lowest BCUT2D eigenvalue weighted by Gasteiger charge is -2.38. The van der Waals surface area contributed by atoms with Crippen molar-refractivity contribution in [3.63, 3.8) is 0 Å². The molecule has 0 bridgehead atoms. The van der Waals surface area contributed by atoms with E-state index in [2.05, 4.69) is 29.5 Å². The normalized spacial score (nSPS) is 20.6. The number of urea groups is 1. The third kappa shape index (κ3) is 5.04. The van der Waals surface area contributed by atoms with Crippen LogP contribution in [0.15, 0.2) is 0 Å². The van der Waals surface area contributed by atoms with Crippen LogP contribution < -0.4 is 10.6 Å². The molecular weight excluding hydrogens is 250 g/mol. The summed E-state index contributed by atoms with van der Waals surface area (Å²) < 4.78 is 0. The van der Waals surface area contributed by atoms with Crippen LogP contribution in [0.1, 0.15) is 19.8 Å². The molecule has 1 rings (SSSR count). The van der Waals surface area contributed by atoms with Gasteiger partial charge in [-0.25, -0.2) is 9.59 Å². The second-order valence-corrected chi connectivity index (χ2v) is 5.51. The number of hydrogen-bond acceptors (Lipinski definition) is 4. The van der Waals surface area contributed by atoms with Crippen LogP contribution in [0.2, 0.25) is 0 Å². The molecule has 0 aromatic heterocycles. The molecule has 1 atom stereocenters. The number of carbonyl (C=O) groups excluding carboxylic acids is 1. The summed E-state index contributed by atoms with van der Waals surface area (Å²) in [4.78, 5) is 24.5. The van der Waals surface area contributed by atoms with Crippen LogP contribution in [-0.4, -0.2) is 66.4 Å². The Labute approximate surface area is 113 Å². The van der Waals surface area contributed by atoms with Crippen LogP contribution in [0.25, 0.3) is 0 Å². The molecule has 7 heteroatoms. The van der Waals surface area contributed by atoms with Crippen molar-refractivity contribution < 1.29 is 19.8 Å². The maximum atomic E-state index is 11.6. The lowest BCUT2D eigenvalue weighted by Crippen LogP contribution is -2.51. The van der Waals surface area contributed by atoms with Crippen molar-refractivity contribution >= 4 is 12.0 Å². The summed E-state index contributed by atoms with van der Waals surface area (Å²) in [5.74, 6) is -1.25. The molecule has 19 heavy (non-hydrogen) atoms. The Bertz CT molecular complexity index is 327. The van der Waals surface area contributed by atoms with Gasteiger partial charge in [-0.15, -0.1) is 0 Å². The largest absolute Gasteiger partial charge is 0.480 e. The summed E-state index contributed by atoms with van der Waals surface area (Å²) in [6.45, 7) is 3.98. The van der Waals surface area contributed by atoms with E-state index in [-0.39, 0.29) is 5.41 Å². The number of carboxylic acid groups (broad SMARTS) is 1. The topological polar surface area (TPSA) is 102 Å². The SMILES string of the molecule is CN1CCC(C)(CNC(=O)N[C@H](CO)C(=O)O)CC1. The van der Waals surface area contributed by atoms with Crippen LogP contribution >= 0.6 is 0 Å². The monoisotopic (exact) mass is 273 g/mol. The molecular formula is C12H23N3O4. The molecule has 0 radical (unpaired) electrons. The van der Waals surface area contributed by atoms with Crippen molar-refractivity contribution in [2.75, 3.05) is 33.3 Å². The van der Waals surface area contributed by atoms with E-state index < -0.39 is 24.6 Å². The highest BCUT2D eigenvalue weighted by molar-refractivity contribution is 5.82. The molecule has 2 amide bonds. The molecule has 0 aliphatic carbocycles. The van der Waals surface area contributed by atoms with E-state index >= 15 is 0 Å². The zero-order valence-electron chi connectivity index (χ0n) is 11.5. The van der Waals surface area contributed by atoms with Gasteiger partial charge in [0.15, 0.2) is 6.04 Å². The van der Waals surface area contributed by atoms with E-state index in [1.165, 1.54) is 0 Å². The van der Waals surface area contributed by atoms with Crippen LogP contribution in [0.5, 0.6) is 0 Å². The Morgan fingerprint density at radius 2 is 1.95 bits per heavy atom. The molecule has 0 saturated carbocycles. The number of carbonyl (C=O) groups is 2. The molecule has 0 unspecified atom stereocenters. The first kappa shape index (κ1) is 15.7. The Morgan fingerprint density at radius 3 is 2.42 bits per heavy atom. The summed E-state index contributed by atoms with van der Waals surface area (Å²) >= 11 is 0. The molecule has 0 aromatic rings. The highest BCUT2D eigenvalue weighted by Gasteiger charge is 2.29. The van der Waals surface area contributed by atoms with E-state index in [0.717, 1.165) is 25.9 Å². The number of hydrogen-bond donors (Lipinski definition) is 4. The number of likely N-dealkylation sites (tertiary alicyclic amines) is 1. The molecule has 1 heterocycles. The fourth-order valence-corrected chi connectivity index (χ4v) is 2.02. The summed E-state index contributed by atoms with van der Waals surface area (Å²) in [5.41, 5.74) is 0.0434. The molecule has 1 aliphatic rings. The Balaban J connectivity index is 2.35. The molecule has 0 aromatic carbocycles. The summed E-state index contributed by atoms with van der Waals surface area (Å²) in [6, 6.07) is -1.81. The number of nitrogens with zero attached hydrogens (tertiary/aromatic N) is 1. The smallest absolute Gasteiger partial charge is 0.328 e. The Hall–Kier alpha value is -1.34. The maximum Gasteiger partial charge on any atom is 0.328 e. The zero-order valence-corrected chi connectivity index (χ0v) is 11.5. The Morgan fingerprint density at radius 1 is 1.37 bits per heavy atom. The number of aliphatic carboxylic acids is 1. The van der Waals surface area contributed by atoms with Crippen molar-refractivity contribution in [2.24, 2.45) is 5.41 Å². The van der Waals surface area contributed by atoms with Gasteiger partial charge in [-0.05, 0) is 38.4 Å². The number of amides is 2. The standard InChI is InChI=1S/C12H23N3O4/c1-12(3-5-15(2)6-4-12)8-13-11(19)14-9(7-16)10(17)18/h9,16H,3-8H2,1-2H3,(H,17,18)(H2,13,14,19)/t9-/m1/s1. The fourth-order valence-electron chi connectivity index (χ4n) is 2.02. The number of piperidine rings is 1. The summed E-state index contributed by atoms with van der Waals surface area (Å²) in [7, 11) is 2.07. The van der Waals surface area contributed by atoms with Gasteiger partial charge in [0, 0.05) is 6.54 Å². The van der Waals surface area contributed by atoms with Crippen molar-refractivity contribution in [1.82, 2.24) is 15.5 Å². The maximum absolute atomic E-state index is 11.6. The highest BCUT2D eigenvalue weighted by atomic mass is 16.4. The first-order valence-corrected chi connectivity index (χ1v) is 6.43. The van der Waals surface area contributed by atoms with Gasteiger partial charge >= 0.3 is 12.0 Å². The predicted molar refractivity (Wildman–Crippen MR) is 69.9 cm³/mol. The van der Waals surface area contributed by atoms with Crippen LogP contribution in [0.4, 0.5) is 4.79 Å². The van der Waals surface area contributed by atoms with Gasteiger partial charge in [0.05, 0.1) is 6.61 Å². The van der Waals surface area contributed by atoms with Crippen molar-refractivity contribution in [2.45, 2.75) is 25.8 Å². The first-order valence-electron chi connectivity index (χ1n) is 6.43. The van der Waals surface area contributed by atoms with E-state index in [0.29, 0.717) is 6.54 Å². The predicted octanol–water partition coefficient (Wildman–Crippen LogP) is -0.537. The van der Waals surface area contributed by atoms with Crippen LogP contribution in [-0.2, 0) is 4.79 Å². The van der Waals surface area contributed by atoms with Gasteiger partial charge in [-0.1, -0.05) is 6.92 Å². The number of aliphatic hydroxyl groups excluding tert-OH is 1. The minimum atomic E-state index is -1.26. The number of carboxylic acids is 1. The highest BCUT2D eigenvalue weighted by Crippen LogP contribution is 2.29. The molecule has 1 saturated heterocycles. The minimum absolute atomic E-state index is 0.0434. The molecule has 0 spiro atoms. The average Bonchev–Trinajstić information content (AvgIpc) is 2.37. The van der Waals surface area contributed by atoms with Gasteiger partial charge in [-0.2, -0.15) is 0 Å². The van der Waals surface area contributed by atoms with Crippen LogP contribution in [0, 0.1) is 5.41 Å². The summed E-state index contributed by atoms with van der Waals surface area (Å²) in [5, 5.41) is 22.4. The van der Waals surface area contributed by atoms with E-state index in [9.17, 15) is 9.59 Å². The number of nitrogens with one attached hydrogen (secondary N) is 2.